The first-order valence-electron chi connectivity index (χ1n) is 6.96. The highest BCUT2D eigenvalue weighted by atomic mass is 35.5. The maximum Gasteiger partial charge on any atom is 0.348 e. The van der Waals surface area contributed by atoms with E-state index in [2.05, 4.69) is 21.4 Å². The molecule has 0 aliphatic carbocycles. The predicted molar refractivity (Wildman–Crippen MR) is 81.7 cm³/mol. The Kier molecular flexibility index (Phi) is 3.04. The molecule has 1 amide bonds. The van der Waals surface area contributed by atoms with E-state index in [4.69, 9.17) is 11.6 Å². The van der Waals surface area contributed by atoms with Crippen LogP contribution in [0.3, 0.4) is 0 Å². The lowest BCUT2D eigenvalue weighted by Gasteiger charge is -2.28. The molecular weight excluding hydrogens is 302 g/mol. The van der Waals surface area contributed by atoms with Gasteiger partial charge >= 0.3 is 6.03 Å². The first kappa shape index (κ1) is 13.2. The summed E-state index contributed by atoms with van der Waals surface area (Å²) in [5.41, 5.74) is 3.39. The highest BCUT2D eigenvalue weighted by Crippen LogP contribution is 2.20. The molecule has 0 saturated carbocycles. The molecule has 0 fully saturated rings. The molecule has 0 saturated heterocycles. The molecule has 1 aliphatic heterocycles. The first-order valence-corrected chi connectivity index (χ1v) is 7.34. The van der Waals surface area contributed by atoms with Crippen LogP contribution in [0.25, 0.3) is 11.2 Å². The Balaban J connectivity index is 1.68. The predicted octanol–water partition coefficient (Wildman–Crippen LogP) is 2.51. The van der Waals surface area contributed by atoms with Crippen LogP contribution in [-0.4, -0.2) is 37.5 Å². The van der Waals surface area contributed by atoms with Crippen LogP contribution < -0.4 is 0 Å². The molecule has 22 heavy (non-hydrogen) atoms. The van der Waals surface area contributed by atoms with E-state index in [1.165, 1.54) is 10.2 Å². The van der Waals surface area contributed by atoms with Gasteiger partial charge in [-0.3, -0.25) is 0 Å². The van der Waals surface area contributed by atoms with Crippen LogP contribution in [0.15, 0.2) is 36.4 Å². The monoisotopic (exact) mass is 313 g/mol. The summed E-state index contributed by atoms with van der Waals surface area (Å²) in [6.45, 7) is 1.22. The van der Waals surface area contributed by atoms with Gasteiger partial charge in [0.25, 0.3) is 0 Å². The van der Waals surface area contributed by atoms with Gasteiger partial charge in [-0.15, -0.1) is 9.78 Å². The second kappa shape index (κ2) is 5.06. The number of pyridine rings is 1. The van der Waals surface area contributed by atoms with Gasteiger partial charge in [0.1, 0.15) is 10.7 Å². The number of hydrogen-bond acceptors (Lipinski definition) is 4. The minimum absolute atomic E-state index is 0.230. The number of hydrogen-bond donors (Lipinski definition) is 0. The molecule has 0 radical (unpaired) electrons. The quantitative estimate of drug-likeness (QED) is 0.598. The summed E-state index contributed by atoms with van der Waals surface area (Å²) in [5, 5.41) is 8.20. The molecule has 0 N–H and O–H groups in total. The van der Waals surface area contributed by atoms with Crippen LogP contribution in [0.5, 0.6) is 0 Å². The zero-order valence-corrected chi connectivity index (χ0v) is 12.4. The van der Waals surface area contributed by atoms with E-state index < -0.39 is 0 Å². The fourth-order valence-electron chi connectivity index (χ4n) is 2.71. The second-order valence-electron chi connectivity index (χ2n) is 5.20. The summed E-state index contributed by atoms with van der Waals surface area (Å²) < 4.78 is 1.22. The Morgan fingerprint density at radius 1 is 1.14 bits per heavy atom. The standard InChI is InChI=1S/C15H12ClN5O/c16-13-6-5-12-14(17-13)21(19-18-12)15(22)20-8-7-10-3-1-2-4-11(10)9-20/h1-6H,7-9H2. The summed E-state index contributed by atoms with van der Waals surface area (Å²) in [5.74, 6) is 0. The Labute approximate surface area is 131 Å². The Bertz CT molecular complexity index is 875. The van der Waals surface area contributed by atoms with Gasteiger partial charge in [-0.25, -0.2) is 9.78 Å². The van der Waals surface area contributed by atoms with E-state index in [1.807, 2.05) is 18.2 Å². The average Bonchev–Trinajstić information content (AvgIpc) is 2.96. The number of aromatic nitrogens is 4. The molecule has 110 valence electrons. The van der Waals surface area contributed by atoms with E-state index in [-0.39, 0.29) is 6.03 Å². The SMILES string of the molecule is O=C(N1CCc2ccccc2C1)n1nnc2ccc(Cl)nc21. The van der Waals surface area contributed by atoms with Gasteiger partial charge in [0.15, 0.2) is 5.65 Å². The molecule has 1 aromatic carbocycles. The van der Waals surface area contributed by atoms with Gasteiger partial charge in [-0.2, -0.15) is 0 Å². The molecule has 0 unspecified atom stereocenters. The molecular formula is C15H12ClN5O. The third-order valence-corrected chi connectivity index (χ3v) is 4.06. The fraction of sp³-hybridized carbons (Fsp3) is 0.200. The smallest absolute Gasteiger partial charge is 0.318 e. The van der Waals surface area contributed by atoms with Crippen molar-refractivity contribution in [2.45, 2.75) is 13.0 Å². The molecule has 1 aliphatic rings. The molecule has 0 spiro atoms. The van der Waals surface area contributed by atoms with Crippen molar-refractivity contribution in [3.63, 3.8) is 0 Å². The fourth-order valence-corrected chi connectivity index (χ4v) is 2.85. The van der Waals surface area contributed by atoms with Crippen molar-refractivity contribution in [2.24, 2.45) is 0 Å². The van der Waals surface area contributed by atoms with Crippen LogP contribution in [0.2, 0.25) is 5.15 Å². The summed E-state index contributed by atoms with van der Waals surface area (Å²) in [7, 11) is 0. The normalized spacial score (nSPS) is 14.1. The molecule has 6 nitrogen and oxygen atoms in total. The zero-order chi connectivity index (χ0) is 15.1. The van der Waals surface area contributed by atoms with Crippen molar-refractivity contribution in [1.29, 1.82) is 0 Å². The third-order valence-electron chi connectivity index (χ3n) is 3.85. The first-order chi connectivity index (χ1) is 10.7. The van der Waals surface area contributed by atoms with Crippen LogP contribution in [0, 0.1) is 0 Å². The largest absolute Gasteiger partial charge is 0.348 e. The van der Waals surface area contributed by atoms with Gasteiger partial charge < -0.3 is 4.90 Å². The van der Waals surface area contributed by atoms with Crippen LogP contribution in [0.4, 0.5) is 4.79 Å². The van der Waals surface area contributed by atoms with E-state index in [0.29, 0.717) is 29.4 Å². The number of nitrogens with zero attached hydrogens (tertiary/aromatic N) is 5. The Morgan fingerprint density at radius 3 is 2.82 bits per heavy atom. The van der Waals surface area contributed by atoms with E-state index >= 15 is 0 Å². The maximum atomic E-state index is 12.7. The maximum absolute atomic E-state index is 12.7. The molecule has 7 heteroatoms. The lowest BCUT2D eigenvalue weighted by molar-refractivity contribution is 0.191. The topological polar surface area (TPSA) is 63.9 Å². The van der Waals surface area contributed by atoms with Crippen molar-refractivity contribution in [3.05, 3.63) is 52.7 Å². The highest BCUT2D eigenvalue weighted by molar-refractivity contribution is 6.29. The summed E-state index contributed by atoms with van der Waals surface area (Å²) in [6, 6.07) is 11.3. The number of amides is 1. The lowest BCUT2D eigenvalue weighted by atomic mass is 10.0. The molecule has 2 aromatic heterocycles. The van der Waals surface area contributed by atoms with E-state index in [0.717, 1.165) is 12.0 Å². The highest BCUT2D eigenvalue weighted by Gasteiger charge is 2.24. The number of carbonyl (C=O) groups is 1. The van der Waals surface area contributed by atoms with Crippen molar-refractivity contribution in [1.82, 2.24) is 24.9 Å². The number of fused-ring (bicyclic) bond motifs is 2. The minimum Gasteiger partial charge on any atom is -0.318 e. The van der Waals surface area contributed by atoms with Gasteiger partial charge in [0.05, 0.1) is 0 Å². The summed E-state index contributed by atoms with van der Waals surface area (Å²) in [4.78, 5) is 18.6. The molecule has 3 aromatic rings. The van der Waals surface area contributed by atoms with Crippen molar-refractivity contribution in [3.8, 4) is 0 Å². The van der Waals surface area contributed by atoms with Crippen molar-refractivity contribution < 1.29 is 4.79 Å². The average molecular weight is 314 g/mol. The van der Waals surface area contributed by atoms with E-state index in [1.54, 1.807) is 17.0 Å². The van der Waals surface area contributed by atoms with Crippen LogP contribution in [0.1, 0.15) is 11.1 Å². The number of benzene rings is 1. The van der Waals surface area contributed by atoms with Crippen LogP contribution in [-0.2, 0) is 13.0 Å². The molecule has 0 bridgehead atoms. The summed E-state index contributed by atoms with van der Waals surface area (Å²) >= 11 is 5.90. The van der Waals surface area contributed by atoms with Gasteiger partial charge in [-0.05, 0) is 29.7 Å². The van der Waals surface area contributed by atoms with Crippen molar-refractivity contribution in [2.75, 3.05) is 6.54 Å². The molecule has 4 rings (SSSR count). The zero-order valence-electron chi connectivity index (χ0n) is 11.6. The Hall–Kier alpha value is -2.47. The van der Waals surface area contributed by atoms with Gasteiger partial charge in [0.2, 0.25) is 0 Å². The van der Waals surface area contributed by atoms with Crippen LogP contribution >= 0.6 is 11.6 Å². The van der Waals surface area contributed by atoms with Gasteiger partial charge in [-0.1, -0.05) is 41.1 Å². The number of halogens is 1. The van der Waals surface area contributed by atoms with E-state index in [9.17, 15) is 4.79 Å². The molecule has 3 heterocycles. The third kappa shape index (κ3) is 2.12. The second-order valence-corrected chi connectivity index (χ2v) is 5.59. The lowest BCUT2D eigenvalue weighted by Crippen LogP contribution is -2.39. The number of carbonyl (C=O) groups excluding carboxylic acids is 1. The Morgan fingerprint density at radius 2 is 1.95 bits per heavy atom. The minimum atomic E-state index is -0.230. The van der Waals surface area contributed by atoms with Crippen molar-refractivity contribution >= 4 is 28.8 Å². The summed E-state index contributed by atoms with van der Waals surface area (Å²) in [6.07, 6.45) is 0.836. The number of rotatable bonds is 0. The van der Waals surface area contributed by atoms with Gasteiger partial charge in [0, 0.05) is 13.1 Å². The molecule has 0 atom stereocenters.